The fraction of sp³-hybridized carbons (Fsp3) is 0.312. The molecule has 2 amide bonds. The fourth-order valence-electron chi connectivity index (χ4n) is 1.88. The molecule has 0 fully saturated rings. The minimum absolute atomic E-state index is 0.197. The van der Waals surface area contributed by atoms with Gasteiger partial charge in [-0.25, -0.2) is 9.48 Å². The van der Waals surface area contributed by atoms with Crippen LogP contribution in [0.1, 0.15) is 31.3 Å². The second-order valence-electron chi connectivity index (χ2n) is 5.87. The fourth-order valence-corrected chi connectivity index (χ4v) is 1.88. The van der Waals surface area contributed by atoms with E-state index in [0.717, 1.165) is 0 Å². The van der Waals surface area contributed by atoms with Gasteiger partial charge in [0.15, 0.2) is 5.69 Å². The second-order valence-corrected chi connectivity index (χ2v) is 5.87. The zero-order valence-electron chi connectivity index (χ0n) is 13.6. The van der Waals surface area contributed by atoms with Gasteiger partial charge in [-0.3, -0.25) is 10.1 Å². The minimum Gasteiger partial charge on any atom is -0.444 e. The van der Waals surface area contributed by atoms with E-state index in [1.807, 2.05) is 30.3 Å². The number of ether oxygens (including phenoxy) is 1. The lowest BCUT2D eigenvalue weighted by molar-refractivity contribution is 0.0634. The number of aromatic nitrogens is 2. The van der Waals surface area contributed by atoms with Crippen molar-refractivity contribution in [1.29, 1.82) is 0 Å². The number of hydrogen-bond donors (Lipinski definition) is 2. The maximum atomic E-state index is 12.0. The number of carbonyl (C=O) groups is 2. The molecule has 0 aliphatic rings. The van der Waals surface area contributed by atoms with Gasteiger partial charge in [0.1, 0.15) is 11.4 Å². The minimum atomic E-state index is -0.620. The third kappa shape index (κ3) is 4.32. The summed E-state index contributed by atoms with van der Waals surface area (Å²) in [6.45, 7) is 5.32. The Kier molecular flexibility index (Phi) is 4.68. The summed E-state index contributed by atoms with van der Waals surface area (Å²) in [5.74, 6) is 0.0102. The van der Waals surface area contributed by atoms with E-state index in [9.17, 15) is 9.59 Å². The van der Waals surface area contributed by atoms with Gasteiger partial charge in [-0.05, 0) is 32.9 Å². The number of amides is 2. The van der Waals surface area contributed by atoms with Crippen LogP contribution in [0.4, 0.5) is 10.6 Å². The van der Waals surface area contributed by atoms with Crippen LogP contribution in [0.25, 0.3) is 5.69 Å². The molecule has 7 nitrogen and oxygen atoms in total. The van der Waals surface area contributed by atoms with Gasteiger partial charge in [-0.15, -0.1) is 0 Å². The topological polar surface area (TPSA) is 85.3 Å². The zero-order valence-corrected chi connectivity index (χ0v) is 13.6. The summed E-state index contributed by atoms with van der Waals surface area (Å²) in [6.07, 6.45) is -0.613. The van der Waals surface area contributed by atoms with Crippen molar-refractivity contribution in [2.24, 2.45) is 0 Å². The molecule has 0 atom stereocenters. The van der Waals surface area contributed by atoms with Gasteiger partial charge in [0, 0.05) is 13.1 Å². The molecule has 122 valence electrons. The van der Waals surface area contributed by atoms with Gasteiger partial charge in [-0.1, -0.05) is 18.2 Å². The Labute approximate surface area is 134 Å². The predicted octanol–water partition coefficient (Wildman–Crippen LogP) is 2.58. The molecule has 2 rings (SSSR count). The molecule has 0 saturated heterocycles. The number of rotatable bonds is 3. The average Bonchev–Trinajstić information content (AvgIpc) is 2.89. The van der Waals surface area contributed by atoms with Crippen LogP contribution < -0.4 is 10.6 Å². The lowest BCUT2D eigenvalue weighted by atomic mass is 10.2. The first kappa shape index (κ1) is 16.5. The van der Waals surface area contributed by atoms with E-state index in [0.29, 0.717) is 11.5 Å². The molecule has 1 aromatic carbocycles. The molecule has 2 aromatic rings. The molecule has 0 aliphatic carbocycles. The third-order valence-electron chi connectivity index (χ3n) is 2.80. The standard InChI is InChI=1S/C16H20N4O3/c1-16(2,3)23-15(22)18-13-10-12(14(21)17-4)19-20(13)11-8-6-5-7-9-11/h5-10H,1-4H3,(H,17,21)(H,18,22). The lowest BCUT2D eigenvalue weighted by Crippen LogP contribution is -2.27. The van der Waals surface area contributed by atoms with Gasteiger partial charge in [0.2, 0.25) is 0 Å². The molecule has 1 aromatic heterocycles. The predicted molar refractivity (Wildman–Crippen MR) is 86.8 cm³/mol. The average molecular weight is 316 g/mol. The summed E-state index contributed by atoms with van der Waals surface area (Å²) in [6, 6.07) is 10.7. The first-order valence-corrected chi connectivity index (χ1v) is 7.18. The number of nitrogens with zero attached hydrogens (tertiary/aromatic N) is 2. The van der Waals surface area contributed by atoms with Crippen LogP contribution in [0, 0.1) is 0 Å². The molecule has 23 heavy (non-hydrogen) atoms. The number of hydrogen-bond acceptors (Lipinski definition) is 4. The highest BCUT2D eigenvalue weighted by molar-refractivity contribution is 5.94. The smallest absolute Gasteiger partial charge is 0.413 e. The van der Waals surface area contributed by atoms with Gasteiger partial charge in [0.05, 0.1) is 5.69 Å². The first-order valence-electron chi connectivity index (χ1n) is 7.18. The van der Waals surface area contributed by atoms with Crippen molar-refractivity contribution >= 4 is 17.8 Å². The van der Waals surface area contributed by atoms with Crippen LogP contribution in [0.3, 0.4) is 0 Å². The van der Waals surface area contributed by atoms with E-state index in [2.05, 4.69) is 15.7 Å². The normalized spacial score (nSPS) is 11.0. The SMILES string of the molecule is CNC(=O)c1cc(NC(=O)OC(C)(C)C)n(-c2ccccc2)n1. The molecular formula is C16H20N4O3. The van der Waals surface area contributed by atoms with E-state index < -0.39 is 11.7 Å². The highest BCUT2D eigenvalue weighted by Gasteiger charge is 2.20. The molecule has 0 aliphatic heterocycles. The number of anilines is 1. The molecular weight excluding hydrogens is 296 g/mol. The molecule has 0 bridgehead atoms. The highest BCUT2D eigenvalue weighted by atomic mass is 16.6. The van der Waals surface area contributed by atoms with Crippen LogP contribution in [-0.2, 0) is 4.74 Å². The summed E-state index contributed by atoms with van der Waals surface area (Å²) in [4.78, 5) is 23.8. The van der Waals surface area contributed by atoms with E-state index in [1.165, 1.54) is 17.8 Å². The zero-order chi connectivity index (χ0) is 17.0. The van der Waals surface area contributed by atoms with E-state index in [-0.39, 0.29) is 11.6 Å². The Bertz CT molecular complexity index is 702. The maximum Gasteiger partial charge on any atom is 0.413 e. The van der Waals surface area contributed by atoms with Gasteiger partial charge < -0.3 is 10.1 Å². The van der Waals surface area contributed by atoms with Gasteiger partial charge in [0.25, 0.3) is 5.91 Å². The summed E-state index contributed by atoms with van der Waals surface area (Å²) in [5.41, 5.74) is 0.293. The Morgan fingerprint density at radius 2 is 1.83 bits per heavy atom. The lowest BCUT2D eigenvalue weighted by Gasteiger charge is -2.19. The van der Waals surface area contributed by atoms with E-state index >= 15 is 0 Å². The third-order valence-corrected chi connectivity index (χ3v) is 2.80. The van der Waals surface area contributed by atoms with E-state index in [4.69, 9.17) is 4.74 Å². The number of para-hydroxylation sites is 1. The molecule has 7 heteroatoms. The van der Waals surface area contributed by atoms with Crippen LogP contribution in [0.5, 0.6) is 0 Å². The number of carbonyl (C=O) groups excluding carboxylic acids is 2. The summed E-state index contributed by atoms with van der Waals surface area (Å²) in [5, 5.41) is 9.37. The molecule has 0 spiro atoms. The summed E-state index contributed by atoms with van der Waals surface area (Å²) in [7, 11) is 1.52. The Morgan fingerprint density at radius 1 is 1.17 bits per heavy atom. The Hall–Kier alpha value is -2.83. The van der Waals surface area contributed by atoms with E-state index in [1.54, 1.807) is 20.8 Å². The van der Waals surface area contributed by atoms with Crippen LogP contribution in [-0.4, -0.2) is 34.4 Å². The van der Waals surface area contributed by atoms with Crippen molar-refractivity contribution in [3.8, 4) is 5.69 Å². The Balaban J connectivity index is 2.35. The maximum absolute atomic E-state index is 12.0. The molecule has 2 N–H and O–H groups in total. The molecule has 0 saturated carbocycles. The monoisotopic (exact) mass is 316 g/mol. The van der Waals surface area contributed by atoms with Crippen molar-refractivity contribution in [2.45, 2.75) is 26.4 Å². The molecule has 0 radical (unpaired) electrons. The van der Waals surface area contributed by atoms with Crippen molar-refractivity contribution in [3.63, 3.8) is 0 Å². The largest absolute Gasteiger partial charge is 0.444 e. The van der Waals surface area contributed by atoms with Gasteiger partial charge >= 0.3 is 6.09 Å². The van der Waals surface area contributed by atoms with Crippen molar-refractivity contribution in [2.75, 3.05) is 12.4 Å². The highest BCUT2D eigenvalue weighted by Crippen LogP contribution is 2.18. The van der Waals surface area contributed by atoms with Crippen molar-refractivity contribution in [1.82, 2.24) is 15.1 Å². The molecule has 1 heterocycles. The quantitative estimate of drug-likeness (QED) is 0.911. The summed E-state index contributed by atoms with van der Waals surface area (Å²) >= 11 is 0. The van der Waals surface area contributed by atoms with Crippen LogP contribution in [0.15, 0.2) is 36.4 Å². The Morgan fingerprint density at radius 3 is 2.39 bits per heavy atom. The number of benzene rings is 1. The van der Waals surface area contributed by atoms with Gasteiger partial charge in [-0.2, -0.15) is 5.10 Å². The number of nitrogens with one attached hydrogen (secondary N) is 2. The van der Waals surface area contributed by atoms with Crippen molar-refractivity contribution in [3.05, 3.63) is 42.1 Å². The first-order chi connectivity index (χ1) is 10.8. The van der Waals surface area contributed by atoms with Crippen LogP contribution in [0.2, 0.25) is 0 Å². The van der Waals surface area contributed by atoms with Crippen molar-refractivity contribution < 1.29 is 14.3 Å². The summed E-state index contributed by atoms with van der Waals surface area (Å²) < 4.78 is 6.72. The molecule has 0 unspecified atom stereocenters. The van der Waals surface area contributed by atoms with Crippen LogP contribution >= 0.6 is 0 Å². The second kappa shape index (κ2) is 6.51.